The number of rotatable bonds is 5. The first-order valence-electron chi connectivity index (χ1n) is 8.27. The molecule has 1 saturated heterocycles. The zero-order chi connectivity index (χ0) is 16.9. The molecule has 0 unspecified atom stereocenters. The van der Waals surface area contributed by atoms with Gasteiger partial charge in [-0.2, -0.15) is 0 Å². The van der Waals surface area contributed by atoms with Crippen LogP contribution in [0.15, 0.2) is 34.9 Å². The number of benzene rings is 1. The molecule has 0 bridgehead atoms. The van der Waals surface area contributed by atoms with Crippen LogP contribution in [0, 0.1) is 6.92 Å². The smallest absolute Gasteiger partial charge is 0.226 e. The molecule has 128 valence electrons. The lowest BCUT2D eigenvalue weighted by atomic mass is 10.0. The Kier molecular flexibility index (Phi) is 5.53. The highest BCUT2D eigenvalue weighted by Gasteiger charge is 2.21. The average molecular weight is 348 g/mol. The van der Waals surface area contributed by atoms with Gasteiger partial charge in [-0.1, -0.05) is 28.9 Å². The summed E-state index contributed by atoms with van der Waals surface area (Å²) in [5, 5.41) is 7.73. The van der Waals surface area contributed by atoms with Crippen molar-refractivity contribution < 1.29 is 9.32 Å². The van der Waals surface area contributed by atoms with E-state index < -0.39 is 0 Å². The summed E-state index contributed by atoms with van der Waals surface area (Å²) in [5.41, 5.74) is 1.95. The van der Waals surface area contributed by atoms with Crippen molar-refractivity contribution in [3.63, 3.8) is 0 Å². The minimum absolute atomic E-state index is 0.0134. The van der Waals surface area contributed by atoms with Gasteiger partial charge < -0.3 is 9.84 Å². The molecule has 1 aromatic carbocycles. The predicted octanol–water partition coefficient (Wildman–Crippen LogP) is 2.96. The fourth-order valence-corrected chi connectivity index (χ4v) is 3.15. The Hall–Kier alpha value is -1.85. The number of hydrogen-bond donors (Lipinski definition) is 1. The van der Waals surface area contributed by atoms with Crippen LogP contribution < -0.4 is 5.32 Å². The first-order chi connectivity index (χ1) is 11.6. The van der Waals surface area contributed by atoms with Gasteiger partial charge in [0, 0.05) is 36.8 Å². The van der Waals surface area contributed by atoms with Crippen LogP contribution in [0.25, 0.3) is 0 Å². The molecule has 0 atom stereocenters. The van der Waals surface area contributed by atoms with Crippen molar-refractivity contribution >= 4 is 17.5 Å². The minimum atomic E-state index is 0.0134. The van der Waals surface area contributed by atoms with E-state index in [1.54, 1.807) is 6.07 Å². The van der Waals surface area contributed by atoms with Crippen LogP contribution in [0.3, 0.4) is 0 Å². The van der Waals surface area contributed by atoms with E-state index in [9.17, 15) is 4.79 Å². The van der Waals surface area contributed by atoms with Gasteiger partial charge in [-0.3, -0.25) is 9.69 Å². The molecule has 1 N–H and O–H groups in total. The highest BCUT2D eigenvalue weighted by Crippen LogP contribution is 2.16. The lowest BCUT2D eigenvalue weighted by molar-refractivity contribution is -0.121. The molecule has 0 radical (unpaired) electrons. The molecule has 24 heavy (non-hydrogen) atoms. The van der Waals surface area contributed by atoms with Gasteiger partial charge in [0.05, 0.1) is 12.1 Å². The third-order valence-electron chi connectivity index (χ3n) is 4.29. The molecule has 3 rings (SSSR count). The van der Waals surface area contributed by atoms with E-state index in [1.807, 2.05) is 19.1 Å². The second kappa shape index (κ2) is 7.81. The molecule has 1 fully saturated rings. The predicted molar refractivity (Wildman–Crippen MR) is 92.8 cm³/mol. The second-order valence-corrected chi connectivity index (χ2v) is 6.79. The van der Waals surface area contributed by atoms with Crippen LogP contribution in [0.2, 0.25) is 5.02 Å². The van der Waals surface area contributed by atoms with E-state index in [4.69, 9.17) is 16.1 Å². The van der Waals surface area contributed by atoms with Crippen molar-refractivity contribution in [3.8, 4) is 0 Å². The topological polar surface area (TPSA) is 58.4 Å². The Morgan fingerprint density at radius 1 is 1.33 bits per heavy atom. The number of aryl methyl sites for hydroxylation is 1. The van der Waals surface area contributed by atoms with E-state index in [0.717, 1.165) is 43.3 Å². The first kappa shape index (κ1) is 17.0. The lowest BCUT2D eigenvalue weighted by Gasteiger charge is -2.32. The summed E-state index contributed by atoms with van der Waals surface area (Å²) in [6.07, 6.45) is 2.22. The third-order valence-corrected chi connectivity index (χ3v) is 4.54. The molecule has 1 aliphatic rings. The number of piperidine rings is 1. The highest BCUT2D eigenvalue weighted by molar-refractivity contribution is 6.30. The van der Waals surface area contributed by atoms with Crippen LogP contribution in [-0.2, 0) is 17.8 Å². The van der Waals surface area contributed by atoms with Crippen LogP contribution in [0.1, 0.15) is 29.9 Å². The monoisotopic (exact) mass is 347 g/mol. The van der Waals surface area contributed by atoms with Gasteiger partial charge in [0.15, 0.2) is 0 Å². The van der Waals surface area contributed by atoms with Crippen molar-refractivity contribution in [1.82, 2.24) is 15.4 Å². The van der Waals surface area contributed by atoms with Crippen LogP contribution in [0.5, 0.6) is 0 Å². The maximum atomic E-state index is 12.1. The molecule has 1 aliphatic heterocycles. The molecule has 6 heteroatoms. The standard InChI is InChI=1S/C18H22ClN3O2/c1-13-10-17(21-24-13)11-18(23)20-16-6-8-22(9-7-16)12-14-2-4-15(19)5-3-14/h2-5,10,16H,6-9,11-12H2,1H3,(H,20,23). The summed E-state index contributed by atoms with van der Waals surface area (Å²) in [5.74, 6) is 0.743. The summed E-state index contributed by atoms with van der Waals surface area (Å²) in [4.78, 5) is 14.5. The fourth-order valence-electron chi connectivity index (χ4n) is 3.03. The fraction of sp³-hybridized carbons (Fsp3) is 0.444. The molecular formula is C18H22ClN3O2. The van der Waals surface area contributed by atoms with Gasteiger partial charge in [0.2, 0.25) is 5.91 Å². The molecule has 1 aromatic heterocycles. The van der Waals surface area contributed by atoms with Crippen molar-refractivity contribution in [1.29, 1.82) is 0 Å². The van der Waals surface area contributed by atoms with Gasteiger partial charge in [-0.25, -0.2) is 0 Å². The number of carbonyl (C=O) groups excluding carboxylic acids is 1. The van der Waals surface area contributed by atoms with Crippen molar-refractivity contribution in [3.05, 3.63) is 52.4 Å². The third kappa shape index (κ3) is 4.82. The Balaban J connectivity index is 1.41. The summed E-state index contributed by atoms with van der Waals surface area (Å²) in [6, 6.07) is 10.0. The molecule has 0 saturated carbocycles. The average Bonchev–Trinajstić information content (AvgIpc) is 2.96. The highest BCUT2D eigenvalue weighted by atomic mass is 35.5. The minimum Gasteiger partial charge on any atom is -0.361 e. The SMILES string of the molecule is Cc1cc(CC(=O)NC2CCN(Cc3ccc(Cl)cc3)CC2)no1. The number of likely N-dealkylation sites (tertiary alicyclic amines) is 1. The maximum Gasteiger partial charge on any atom is 0.226 e. The molecular weight excluding hydrogens is 326 g/mol. The summed E-state index contributed by atoms with van der Waals surface area (Å²) in [6.45, 7) is 4.72. The van der Waals surface area contributed by atoms with Gasteiger partial charge in [0.25, 0.3) is 0 Å². The van der Waals surface area contributed by atoms with Gasteiger partial charge in [-0.05, 0) is 37.5 Å². The Morgan fingerprint density at radius 3 is 2.67 bits per heavy atom. The lowest BCUT2D eigenvalue weighted by Crippen LogP contribution is -2.44. The second-order valence-electron chi connectivity index (χ2n) is 6.35. The van der Waals surface area contributed by atoms with Crippen LogP contribution in [-0.4, -0.2) is 35.1 Å². The normalized spacial score (nSPS) is 16.2. The summed E-state index contributed by atoms with van der Waals surface area (Å²) < 4.78 is 4.99. The van der Waals surface area contributed by atoms with Crippen molar-refractivity contribution in [2.75, 3.05) is 13.1 Å². The first-order valence-corrected chi connectivity index (χ1v) is 8.64. The van der Waals surface area contributed by atoms with Gasteiger partial charge in [-0.15, -0.1) is 0 Å². The quantitative estimate of drug-likeness (QED) is 0.903. The van der Waals surface area contributed by atoms with E-state index in [-0.39, 0.29) is 18.4 Å². The largest absolute Gasteiger partial charge is 0.361 e. The Labute approximate surface area is 147 Å². The number of nitrogens with one attached hydrogen (secondary N) is 1. The van der Waals surface area contributed by atoms with Gasteiger partial charge in [0.1, 0.15) is 5.76 Å². The summed E-state index contributed by atoms with van der Waals surface area (Å²) in [7, 11) is 0. The van der Waals surface area contributed by atoms with E-state index >= 15 is 0 Å². The van der Waals surface area contributed by atoms with E-state index in [2.05, 4.69) is 27.5 Å². The number of carbonyl (C=O) groups is 1. The van der Waals surface area contributed by atoms with Crippen molar-refractivity contribution in [2.45, 2.75) is 38.8 Å². The van der Waals surface area contributed by atoms with E-state index in [0.29, 0.717) is 5.69 Å². The molecule has 2 heterocycles. The molecule has 2 aromatic rings. The zero-order valence-corrected chi connectivity index (χ0v) is 14.6. The number of amides is 1. The molecule has 0 spiro atoms. The number of hydrogen-bond acceptors (Lipinski definition) is 4. The Bertz CT molecular complexity index is 676. The Morgan fingerprint density at radius 2 is 2.04 bits per heavy atom. The molecule has 1 amide bonds. The number of nitrogens with zero attached hydrogens (tertiary/aromatic N) is 2. The van der Waals surface area contributed by atoms with Crippen LogP contribution >= 0.6 is 11.6 Å². The molecule has 0 aliphatic carbocycles. The summed E-state index contributed by atoms with van der Waals surface area (Å²) >= 11 is 5.92. The molecule has 5 nitrogen and oxygen atoms in total. The van der Waals surface area contributed by atoms with E-state index in [1.165, 1.54) is 5.56 Å². The maximum absolute atomic E-state index is 12.1. The number of aromatic nitrogens is 1. The number of halogens is 1. The van der Waals surface area contributed by atoms with Crippen molar-refractivity contribution in [2.24, 2.45) is 0 Å². The zero-order valence-electron chi connectivity index (χ0n) is 13.8. The van der Waals surface area contributed by atoms with Crippen LogP contribution in [0.4, 0.5) is 0 Å². The van der Waals surface area contributed by atoms with Gasteiger partial charge >= 0.3 is 0 Å².